The van der Waals surface area contributed by atoms with Crippen LogP contribution in [0.2, 0.25) is 0 Å². The van der Waals surface area contributed by atoms with Gasteiger partial charge in [-0.05, 0) is 25.9 Å². The topological polar surface area (TPSA) is 62.8 Å². The van der Waals surface area contributed by atoms with Crippen molar-refractivity contribution in [3.8, 4) is 0 Å². The number of ether oxygens (including phenoxy) is 1. The first-order valence-electron chi connectivity index (χ1n) is 5.12. The van der Waals surface area contributed by atoms with Gasteiger partial charge in [-0.2, -0.15) is 5.10 Å². The van der Waals surface area contributed by atoms with Crippen molar-refractivity contribution in [2.24, 2.45) is 0 Å². The van der Waals surface area contributed by atoms with Crippen LogP contribution in [0.25, 0.3) is 0 Å². The van der Waals surface area contributed by atoms with Crippen LogP contribution in [0.15, 0.2) is 6.33 Å². The van der Waals surface area contributed by atoms with Gasteiger partial charge in [0.25, 0.3) is 0 Å². The van der Waals surface area contributed by atoms with E-state index in [1.807, 2.05) is 0 Å². The molecule has 1 aromatic rings. The molecular formula is C9H16N4O. The highest BCUT2D eigenvalue weighted by molar-refractivity contribution is 4.79. The van der Waals surface area contributed by atoms with E-state index >= 15 is 0 Å². The van der Waals surface area contributed by atoms with Crippen molar-refractivity contribution in [2.45, 2.75) is 25.4 Å². The predicted octanol–water partition coefficient (Wildman–Crippen LogP) is 0.116. The molecule has 78 valence electrons. The molecular weight excluding hydrogens is 180 g/mol. The summed E-state index contributed by atoms with van der Waals surface area (Å²) in [5.74, 6) is 0.902. The molecule has 5 heteroatoms. The van der Waals surface area contributed by atoms with Crippen LogP contribution in [0.5, 0.6) is 0 Å². The largest absolute Gasteiger partial charge is 0.378 e. The second kappa shape index (κ2) is 5.07. The number of rotatable bonds is 4. The molecule has 1 aromatic heterocycles. The van der Waals surface area contributed by atoms with Crippen LogP contribution >= 0.6 is 0 Å². The van der Waals surface area contributed by atoms with Gasteiger partial charge < -0.3 is 10.1 Å². The average molecular weight is 196 g/mol. The number of aromatic nitrogens is 3. The van der Waals surface area contributed by atoms with Crippen molar-refractivity contribution in [2.75, 3.05) is 19.7 Å². The van der Waals surface area contributed by atoms with E-state index in [0.29, 0.717) is 6.10 Å². The lowest BCUT2D eigenvalue weighted by molar-refractivity contribution is 0.0342. The third-order valence-corrected chi connectivity index (χ3v) is 2.44. The second-order valence-corrected chi connectivity index (χ2v) is 3.50. The highest BCUT2D eigenvalue weighted by Crippen LogP contribution is 2.07. The fourth-order valence-electron chi connectivity index (χ4n) is 1.64. The quantitative estimate of drug-likeness (QED) is 0.717. The minimum absolute atomic E-state index is 0.430. The van der Waals surface area contributed by atoms with Crippen LogP contribution in [-0.2, 0) is 11.2 Å². The van der Waals surface area contributed by atoms with Crippen LogP contribution < -0.4 is 5.32 Å². The van der Waals surface area contributed by atoms with E-state index in [2.05, 4.69) is 20.5 Å². The molecule has 0 radical (unpaired) electrons. The van der Waals surface area contributed by atoms with E-state index < -0.39 is 0 Å². The molecule has 14 heavy (non-hydrogen) atoms. The number of piperidine rings is 1. The summed E-state index contributed by atoms with van der Waals surface area (Å²) in [5, 5.41) is 9.92. The summed E-state index contributed by atoms with van der Waals surface area (Å²) in [6.45, 7) is 2.89. The zero-order valence-electron chi connectivity index (χ0n) is 8.20. The minimum Gasteiger partial charge on any atom is -0.378 e. The number of nitrogens with zero attached hydrogens (tertiary/aromatic N) is 2. The van der Waals surface area contributed by atoms with Gasteiger partial charge in [0.15, 0.2) is 0 Å². The summed E-state index contributed by atoms with van der Waals surface area (Å²) in [7, 11) is 0. The van der Waals surface area contributed by atoms with E-state index in [4.69, 9.17) is 4.74 Å². The summed E-state index contributed by atoms with van der Waals surface area (Å²) in [6.07, 6.45) is 5.02. The molecule has 0 aromatic carbocycles. The fraction of sp³-hybridized carbons (Fsp3) is 0.778. The van der Waals surface area contributed by atoms with Gasteiger partial charge in [0.1, 0.15) is 12.2 Å². The van der Waals surface area contributed by atoms with E-state index in [0.717, 1.165) is 44.8 Å². The fourth-order valence-corrected chi connectivity index (χ4v) is 1.64. The Kier molecular flexibility index (Phi) is 3.48. The van der Waals surface area contributed by atoms with Crippen LogP contribution in [0.1, 0.15) is 18.7 Å². The van der Waals surface area contributed by atoms with Crippen molar-refractivity contribution in [1.29, 1.82) is 0 Å². The van der Waals surface area contributed by atoms with Gasteiger partial charge >= 0.3 is 0 Å². The molecule has 1 saturated heterocycles. The van der Waals surface area contributed by atoms with Crippen LogP contribution in [0.4, 0.5) is 0 Å². The van der Waals surface area contributed by atoms with Gasteiger partial charge in [0.2, 0.25) is 0 Å². The third-order valence-electron chi connectivity index (χ3n) is 2.44. The summed E-state index contributed by atoms with van der Waals surface area (Å²) >= 11 is 0. The SMILES string of the molecule is c1n[nH]c(CCOC2CCNCC2)n1. The number of hydrogen-bond acceptors (Lipinski definition) is 4. The standard InChI is InChI=1S/C9H16N4O/c1-4-10-5-2-8(1)14-6-3-9-11-7-12-13-9/h7-8,10H,1-6H2,(H,11,12,13). The first kappa shape index (κ1) is 9.61. The summed E-state index contributed by atoms with van der Waals surface area (Å²) in [4.78, 5) is 4.04. The molecule has 1 fully saturated rings. The molecule has 2 heterocycles. The van der Waals surface area contributed by atoms with Gasteiger partial charge in [-0.1, -0.05) is 0 Å². The van der Waals surface area contributed by atoms with Gasteiger partial charge in [0.05, 0.1) is 12.7 Å². The van der Waals surface area contributed by atoms with Gasteiger partial charge in [-0.25, -0.2) is 4.98 Å². The monoisotopic (exact) mass is 196 g/mol. The Hall–Kier alpha value is -0.940. The lowest BCUT2D eigenvalue weighted by atomic mass is 10.1. The Labute approximate surface area is 83.3 Å². The van der Waals surface area contributed by atoms with Gasteiger partial charge in [-0.15, -0.1) is 0 Å². The molecule has 0 spiro atoms. The zero-order valence-corrected chi connectivity index (χ0v) is 8.20. The number of H-pyrrole nitrogens is 1. The van der Waals surface area contributed by atoms with E-state index in [9.17, 15) is 0 Å². The molecule has 2 rings (SSSR count). The molecule has 0 bridgehead atoms. The summed E-state index contributed by atoms with van der Waals surface area (Å²) in [5.41, 5.74) is 0. The Morgan fingerprint density at radius 3 is 3.00 bits per heavy atom. The normalized spacial score (nSPS) is 18.6. The minimum atomic E-state index is 0.430. The Morgan fingerprint density at radius 2 is 2.29 bits per heavy atom. The Bertz CT molecular complexity index is 243. The first-order chi connectivity index (χ1) is 6.95. The first-order valence-corrected chi connectivity index (χ1v) is 5.12. The van der Waals surface area contributed by atoms with Crippen LogP contribution in [-0.4, -0.2) is 41.0 Å². The molecule has 1 aliphatic rings. The number of nitrogens with one attached hydrogen (secondary N) is 2. The number of aromatic amines is 1. The van der Waals surface area contributed by atoms with Gasteiger partial charge in [0, 0.05) is 6.42 Å². The van der Waals surface area contributed by atoms with E-state index in [1.54, 1.807) is 0 Å². The molecule has 0 atom stereocenters. The van der Waals surface area contributed by atoms with Crippen LogP contribution in [0, 0.1) is 0 Å². The average Bonchev–Trinajstić information content (AvgIpc) is 2.72. The third kappa shape index (κ3) is 2.78. The van der Waals surface area contributed by atoms with Gasteiger partial charge in [-0.3, -0.25) is 5.10 Å². The molecule has 1 aliphatic heterocycles. The van der Waals surface area contributed by atoms with Crippen molar-refractivity contribution < 1.29 is 4.74 Å². The highest BCUT2D eigenvalue weighted by atomic mass is 16.5. The lowest BCUT2D eigenvalue weighted by Crippen LogP contribution is -2.32. The maximum Gasteiger partial charge on any atom is 0.137 e. The molecule has 2 N–H and O–H groups in total. The lowest BCUT2D eigenvalue weighted by Gasteiger charge is -2.22. The summed E-state index contributed by atoms with van der Waals surface area (Å²) < 4.78 is 5.73. The summed E-state index contributed by atoms with van der Waals surface area (Å²) in [6, 6.07) is 0. The molecule has 0 aliphatic carbocycles. The van der Waals surface area contributed by atoms with E-state index in [1.165, 1.54) is 6.33 Å². The Morgan fingerprint density at radius 1 is 1.43 bits per heavy atom. The van der Waals surface area contributed by atoms with Crippen molar-refractivity contribution in [3.05, 3.63) is 12.2 Å². The maximum atomic E-state index is 5.73. The van der Waals surface area contributed by atoms with Crippen LogP contribution in [0.3, 0.4) is 0 Å². The molecule has 0 unspecified atom stereocenters. The molecule has 0 saturated carbocycles. The van der Waals surface area contributed by atoms with Crippen molar-refractivity contribution in [1.82, 2.24) is 20.5 Å². The molecule has 0 amide bonds. The molecule has 5 nitrogen and oxygen atoms in total. The smallest absolute Gasteiger partial charge is 0.137 e. The predicted molar refractivity (Wildman–Crippen MR) is 51.9 cm³/mol. The second-order valence-electron chi connectivity index (χ2n) is 3.50. The highest BCUT2D eigenvalue weighted by Gasteiger charge is 2.12. The van der Waals surface area contributed by atoms with E-state index in [-0.39, 0.29) is 0 Å². The maximum absolute atomic E-state index is 5.73. The Balaban J connectivity index is 1.62. The number of hydrogen-bond donors (Lipinski definition) is 2. The van der Waals surface area contributed by atoms with Crippen molar-refractivity contribution in [3.63, 3.8) is 0 Å². The van der Waals surface area contributed by atoms with Crippen molar-refractivity contribution >= 4 is 0 Å². The zero-order chi connectivity index (χ0) is 9.64.